The number of aliphatic hydroxyl groups excluding tert-OH is 1. The molecular formula is C45H54ClN3O6. The fraction of sp³-hybridized carbons (Fsp3) is 0.422. The molecule has 4 aromatic carbocycles. The van der Waals surface area contributed by atoms with E-state index < -0.39 is 11.9 Å². The lowest BCUT2D eigenvalue weighted by atomic mass is 9.84. The number of carbonyl (C=O) groups excluding carboxylic acids is 2. The molecule has 0 aromatic heterocycles. The third-order valence-corrected chi connectivity index (χ3v) is 11.2. The second-order valence-corrected chi connectivity index (χ2v) is 15.5. The third-order valence-electron chi connectivity index (χ3n) is 11.0. The van der Waals surface area contributed by atoms with Gasteiger partial charge in [0.05, 0.1) is 24.4 Å². The van der Waals surface area contributed by atoms with Gasteiger partial charge in [-0.25, -0.2) is 0 Å². The Labute approximate surface area is 330 Å². The van der Waals surface area contributed by atoms with Gasteiger partial charge in [-0.15, -0.1) is 0 Å². The van der Waals surface area contributed by atoms with Gasteiger partial charge in [0.15, 0.2) is 6.29 Å². The molecule has 2 aliphatic rings. The summed E-state index contributed by atoms with van der Waals surface area (Å²) in [4.78, 5) is 25.9. The number of halogens is 1. The number of hydrogen-bond donors (Lipinski definition) is 4. The highest BCUT2D eigenvalue weighted by Gasteiger charge is 2.41. The monoisotopic (exact) mass is 767 g/mol. The number of piperidine rings is 1. The number of amides is 2. The van der Waals surface area contributed by atoms with Gasteiger partial charge in [-0.3, -0.25) is 9.59 Å². The van der Waals surface area contributed by atoms with Gasteiger partial charge in [-0.1, -0.05) is 97.7 Å². The molecule has 0 radical (unpaired) electrons. The Bertz CT molecular complexity index is 1860. The minimum absolute atomic E-state index is 0.0182. The first kappa shape index (κ1) is 40.6. The highest BCUT2D eigenvalue weighted by Crippen LogP contribution is 2.43. The molecule has 0 saturated carbocycles. The zero-order valence-electron chi connectivity index (χ0n) is 31.9. The van der Waals surface area contributed by atoms with Crippen molar-refractivity contribution in [2.45, 2.75) is 89.6 Å². The standard InChI is InChI=1S/C45H54ClN3O6/c1-31-41(29-49-24-21-45(53,22-25-49)39-17-19-40(46)20-18-39)54-44(55-43(31)35-15-13-33(30-50)14-16-35)38-11-7-10-37(27-38)36-9-6-8-34(26-36)28-48-42(52)12-4-3-5-23-47-32(2)51/h6-11,13-20,26-27,31,41,43-44,50,53H,3-5,12,21-25,28-30H2,1-2H3,(H,47,51)(H,48,52)/t31-,41+,43+,44+/m0/s1. The number of ether oxygens (including phenoxy) is 2. The lowest BCUT2D eigenvalue weighted by molar-refractivity contribution is -0.277. The molecule has 9 nitrogen and oxygen atoms in total. The van der Waals surface area contributed by atoms with E-state index in [-0.39, 0.29) is 36.5 Å². The molecule has 0 unspecified atom stereocenters. The van der Waals surface area contributed by atoms with E-state index in [9.17, 15) is 19.8 Å². The molecule has 2 saturated heterocycles. The van der Waals surface area contributed by atoms with Crippen molar-refractivity contribution in [2.75, 3.05) is 26.2 Å². The maximum absolute atomic E-state index is 12.5. The van der Waals surface area contributed by atoms with Gasteiger partial charge >= 0.3 is 0 Å². The SMILES string of the molecule is CC(=O)NCCCCCC(=O)NCc1cccc(-c2cccc([C@@H]3O[C@H](CN4CCC(O)(c5ccc(Cl)cc5)CC4)[C@H](C)[C@H](c4ccc(CO)cc4)O3)c2)c1. The Hall–Kier alpha value is -4.09. The summed E-state index contributed by atoms with van der Waals surface area (Å²) in [6, 6.07) is 31.9. The number of nitrogens with one attached hydrogen (secondary N) is 2. The van der Waals surface area contributed by atoms with Crippen LogP contribution >= 0.6 is 11.6 Å². The van der Waals surface area contributed by atoms with Crippen LogP contribution in [0.25, 0.3) is 11.1 Å². The van der Waals surface area contributed by atoms with Crippen molar-refractivity contribution < 1.29 is 29.3 Å². The van der Waals surface area contributed by atoms with E-state index in [1.54, 1.807) is 0 Å². The lowest BCUT2D eigenvalue weighted by Crippen LogP contribution is -2.49. The van der Waals surface area contributed by atoms with Crippen LogP contribution in [0.1, 0.15) is 92.6 Å². The molecule has 4 N–H and O–H groups in total. The van der Waals surface area contributed by atoms with Gasteiger partial charge in [0, 0.05) is 62.6 Å². The van der Waals surface area contributed by atoms with Gasteiger partial charge in [-0.2, -0.15) is 0 Å². The average molecular weight is 768 g/mol. The molecule has 2 amide bonds. The van der Waals surface area contributed by atoms with E-state index in [4.69, 9.17) is 21.1 Å². The molecular weight excluding hydrogens is 714 g/mol. The van der Waals surface area contributed by atoms with Crippen molar-refractivity contribution in [2.24, 2.45) is 5.92 Å². The Balaban J connectivity index is 1.13. The quantitative estimate of drug-likeness (QED) is 0.0921. The number of likely N-dealkylation sites (tertiary alicyclic amines) is 1. The van der Waals surface area contributed by atoms with Crippen LogP contribution in [0.4, 0.5) is 0 Å². The summed E-state index contributed by atoms with van der Waals surface area (Å²) in [5, 5.41) is 27.7. The molecule has 0 spiro atoms. The normalized spacial score (nSPS) is 21.2. The fourth-order valence-electron chi connectivity index (χ4n) is 7.60. The molecule has 10 heteroatoms. The number of carbonyl (C=O) groups is 2. The van der Waals surface area contributed by atoms with Gasteiger partial charge in [-0.05, 0) is 83.3 Å². The van der Waals surface area contributed by atoms with Crippen LogP contribution < -0.4 is 10.6 Å². The minimum atomic E-state index is -0.887. The average Bonchev–Trinajstić information content (AvgIpc) is 3.20. The summed E-state index contributed by atoms with van der Waals surface area (Å²) in [5.41, 5.74) is 5.88. The van der Waals surface area contributed by atoms with Crippen molar-refractivity contribution in [3.05, 3.63) is 130 Å². The molecule has 2 fully saturated rings. The Morgan fingerprint density at radius 3 is 2.25 bits per heavy atom. The molecule has 55 heavy (non-hydrogen) atoms. The predicted molar refractivity (Wildman–Crippen MR) is 215 cm³/mol. The zero-order valence-corrected chi connectivity index (χ0v) is 32.6. The van der Waals surface area contributed by atoms with Gasteiger partial charge in [0.2, 0.25) is 11.8 Å². The van der Waals surface area contributed by atoms with Crippen LogP contribution in [0.3, 0.4) is 0 Å². The largest absolute Gasteiger partial charge is 0.392 e. The molecule has 2 aliphatic heterocycles. The number of rotatable bonds is 15. The maximum atomic E-state index is 12.5. The van der Waals surface area contributed by atoms with Crippen LogP contribution in [0.5, 0.6) is 0 Å². The molecule has 0 bridgehead atoms. The number of aliphatic hydroxyl groups is 2. The van der Waals surface area contributed by atoms with Crippen LogP contribution in [-0.2, 0) is 37.8 Å². The number of hydrogen-bond acceptors (Lipinski definition) is 7. The highest BCUT2D eigenvalue weighted by atomic mass is 35.5. The molecule has 4 atom stereocenters. The molecule has 6 rings (SSSR count). The second kappa shape index (κ2) is 19.2. The first-order valence-corrected chi connectivity index (χ1v) is 19.9. The number of benzene rings is 4. The van der Waals surface area contributed by atoms with Gasteiger partial charge < -0.3 is 35.2 Å². The highest BCUT2D eigenvalue weighted by molar-refractivity contribution is 6.30. The Morgan fingerprint density at radius 2 is 1.55 bits per heavy atom. The Kier molecular flexibility index (Phi) is 14.1. The van der Waals surface area contributed by atoms with Crippen molar-refractivity contribution in [3.63, 3.8) is 0 Å². The van der Waals surface area contributed by atoms with Crippen molar-refractivity contribution in [1.82, 2.24) is 15.5 Å². The van der Waals surface area contributed by atoms with Gasteiger partial charge in [0.1, 0.15) is 0 Å². The smallest absolute Gasteiger partial charge is 0.220 e. The van der Waals surface area contributed by atoms with Crippen molar-refractivity contribution in [3.8, 4) is 11.1 Å². The molecule has 0 aliphatic carbocycles. The molecule has 2 heterocycles. The Morgan fingerprint density at radius 1 is 0.836 bits per heavy atom. The summed E-state index contributed by atoms with van der Waals surface area (Å²) in [7, 11) is 0. The summed E-state index contributed by atoms with van der Waals surface area (Å²) in [6.07, 6.45) is 3.23. The van der Waals surface area contributed by atoms with E-state index in [2.05, 4.69) is 46.7 Å². The van der Waals surface area contributed by atoms with Crippen LogP contribution in [0.2, 0.25) is 5.02 Å². The van der Waals surface area contributed by atoms with E-state index in [1.807, 2.05) is 72.8 Å². The predicted octanol–water partition coefficient (Wildman–Crippen LogP) is 7.59. The first-order valence-electron chi connectivity index (χ1n) is 19.5. The van der Waals surface area contributed by atoms with Crippen molar-refractivity contribution >= 4 is 23.4 Å². The number of unbranched alkanes of at least 4 members (excludes halogenated alkanes) is 2. The van der Waals surface area contributed by atoms with Crippen LogP contribution in [0, 0.1) is 5.92 Å². The van der Waals surface area contributed by atoms with E-state index >= 15 is 0 Å². The summed E-state index contributed by atoms with van der Waals surface area (Å²) in [6.45, 7) is 6.92. The maximum Gasteiger partial charge on any atom is 0.220 e. The second-order valence-electron chi connectivity index (χ2n) is 15.1. The van der Waals surface area contributed by atoms with E-state index in [0.29, 0.717) is 43.9 Å². The summed E-state index contributed by atoms with van der Waals surface area (Å²) >= 11 is 6.12. The summed E-state index contributed by atoms with van der Waals surface area (Å²) in [5.74, 6) is 0.0219. The third kappa shape index (κ3) is 11.0. The zero-order chi connectivity index (χ0) is 38.8. The van der Waals surface area contributed by atoms with E-state index in [1.165, 1.54) is 6.92 Å². The van der Waals surface area contributed by atoms with Crippen LogP contribution in [0.15, 0.2) is 97.1 Å². The lowest BCUT2D eigenvalue weighted by Gasteiger charge is -2.45. The summed E-state index contributed by atoms with van der Waals surface area (Å²) < 4.78 is 13.6. The van der Waals surface area contributed by atoms with Crippen molar-refractivity contribution in [1.29, 1.82) is 0 Å². The number of nitrogens with zero attached hydrogens (tertiary/aromatic N) is 1. The van der Waals surface area contributed by atoms with Crippen LogP contribution in [-0.4, -0.2) is 59.2 Å². The molecule has 292 valence electrons. The topological polar surface area (TPSA) is 120 Å². The van der Waals surface area contributed by atoms with Gasteiger partial charge in [0.25, 0.3) is 0 Å². The first-order chi connectivity index (χ1) is 26.6. The fourth-order valence-corrected chi connectivity index (χ4v) is 7.73. The minimum Gasteiger partial charge on any atom is -0.392 e. The van der Waals surface area contributed by atoms with E-state index in [0.717, 1.165) is 71.3 Å². The molecule has 4 aromatic rings.